The van der Waals surface area contributed by atoms with Crippen LogP contribution in [0.15, 0.2) is 24.3 Å². The largest absolute Gasteiger partial charge is 0.314 e. The molecule has 1 aromatic carbocycles. The zero-order valence-electron chi connectivity index (χ0n) is 8.26. The average molecular weight is 194 g/mol. The van der Waals surface area contributed by atoms with Crippen molar-refractivity contribution in [2.45, 2.75) is 19.0 Å². The first-order valence-corrected chi connectivity index (χ1v) is 4.98. The molecule has 0 bridgehead atoms. The number of hydrogen-bond donors (Lipinski definition) is 2. The minimum atomic E-state index is -0.164. The molecule has 1 saturated heterocycles. The lowest BCUT2D eigenvalue weighted by Crippen LogP contribution is -2.55. The number of halogens is 1. The molecule has 1 fully saturated rings. The fourth-order valence-electron chi connectivity index (χ4n) is 1.63. The van der Waals surface area contributed by atoms with Gasteiger partial charge in [0.2, 0.25) is 0 Å². The van der Waals surface area contributed by atoms with Crippen molar-refractivity contribution >= 4 is 0 Å². The Morgan fingerprint density at radius 3 is 2.86 bits per heavy atom. The highest BCUT2D eigenvalue weighted by Crippen LogP contribution is 2.14. The predicted octanol–water partition coefficient (Wildman–Crippen LogP) is 1.45. The molecule has 2 rings (SSSR count). The third-order valence-electron chi connectivity index (χ3n) is 2.62. The molecule has 0 amide bonds. The van der Waals surface area contributed by atoms with Gasteiger partial charge in [0.1, 0.15) is 5.82 Å². The first-order valence-electron chi connectivity index (χ1n) is 4.98. The summed E-state index contributed by atoms with van der Waals surface area (Å²) >= 11 is 0. The van der Waals surface area contributed by atoms with Crippen LogP contribution in [0.1, 0.15) is 18.5 Å². The second kappa shape index (κ2) is 4.07. The molecule has 0 aromatic heterocycles. The van der Waals surface area contributed by atoms with Crippen LogP contribution in [-0.4, -0.2) is 19.1 Å². The standard InChI is InChI=1S/C11H15FN2/c1-8(14-11-6-13-7-11)9-3-2-4-10(12)5-9/h2-5,8,11,13-14H,6-7H2,1H3. The topological polar surface area (TPSA) is 24.1 Å². The van der Waals surface area contributed by atoms with Crippen molar-refractivity contribution in [3.63, 3.8) is 0 Å². The molecular formula is C11H15FN2. The lowest BCUT2D eigenvalue weighted by atomic mass is 10.1. The minimum Gasteiger partial charge on any atom is -0.314 e. The van der Waals surface area contributed by atoms with Crippen molar-refractivity contribution in [3.05, 3.63) is 35.6 Å². The lowest BCUT2D eigenvalue weighted by molar-refractivity contribution is 0.338. The maximum absolute atomic E-state index is 12.9. The summed E-state index contributed by atoms with van der Waals surface area (Å²) in [6.07, 6.45) is 0. The van der Waals surface area contributed by atoms with E-state index in [2.05, 4.69) is 17.6 Å². The molecule has 0 spiro atoms. The highest BCUT2D eigenvalue weighted by molar-refractivity contribution is 5.19. The average Bonchev–Trinajstić information content (AvgIpc) is 2.11. The molecule has 1 atom stereocenters. The molecule has 1 aliphatic heterocycles. The van der Waals surface area contributed by atoms with Crippen LogP contribution in [0.25, 0.3) is 0 Å². The summed E-state index contributed by atoms with van der Waals surface area (Å²) in [5.41, 5.74) is 1.01. The van der Waals surface area contributed by atoms with Crippen molar-refractivity contribution in [2.75, 3.05) is 13.1 Å². The van der Waals surface area contributed by atoms with E-state index in [0.717, 1.165) is 18.7 Å². The van der Waals surface area contributed by atoms with Gasteiger partial charge in [-0.15, -0.1) is 0 Å². The van der Waals surface area contributed by atoms with Crippen LogP contribution in [0.2, 0.25) is 0 Å². The van der Waals surface area contributed by atoms with Crippen LogP contribution in [0, 0.1) is 5.82 Å². The summed E-state index contributed by atoms with van der Waals surface area (Å²) in [6.45, 7) is 4.09. The van der Waals surface area contributed by atoms with Crippen molar-refractivity contribution in [2.24, 2.45) is 0 Å². The van der Waals surface area contributed by atoms with E-state index >= 15 is 0 Å². The molecule has 0 saturated carbocycles. The van der Waals surface area contributed by atoms with Crippen molar-refractivity contribution in [1.29, 1.82) is 0 Å². The van der Waals surface area contributed by atoms with Gasteiger partial charge in [0, 0.05) is 25.2 Å². The van der Waals surface area contributed by atoms with Crippen LogP contribution in [-0.2, 0) is 0 Å². The Bertz CT molecular complexity index is 310. The van der Waals surface area contributed by atoms with Gasteiger partial charge in [-0.2, -0.15) is 0 Å². The molecule has 76 valence electrons. The number of rotatable bonds is 3. The predicted molar refractivity (Wildman–Crippen MR) is 54.6 cm³/mol. The highest BCUT2D eigenvalue weighted by Gasteiger charge is 2.18. The molecule has 1 unspecified atom stereocenters. The van der Waals surface area contributed by atoms with Gasteiger partial charge in [0.25, 0.3) is 0 Å². The Balaban J connectivity index is 1.98. The van der Waals surface area contributed by atoms with E-state index in [-0.39, 0.29) is 11.9 Å². The molecule has 1 heterocycles. The second-order valence-corrected chi connectivity index (χ2v) is 3.80. The summed E-state index contributed by atoms with van der Waals surface area (Å²) in [4.78, 5) is 0. The van der Waals surface area contributed by atoms with E-state index in [1.807, 2.05) is 6.07 Å². The minimum absolute atomic E-state index is 0.164. The SMILES string of the molecule is CC(NC1CNC1)c1cccc(F)c1. The Morgan fingerprint density at radius 2 is 2.29 bits per heavy atom. The van der Waals surface area contributed by atoms with Gasteiger partial charge in [-0.1, -0.05) is 12.1 Å². The van der Waals surface area contributed by atoms with Crippen molar-refractivity contribution in [3.8, 4) is 0 Å². The first kappa shape index (κ1) is 9.62. The molecule has 0 aliphatic carbocycles. The van der Waals surface area contributed by atoms with E-state index in [4.69, 9.17) is 0 Å². The molecule has 2 nitrogen and oxygen atoms in total. The summed E-state index contributed by atoms with van der Waals surface area (Å²) < 4.78 is 12.9. The van der Waals surface area contributed by atoms with E-state index in [0.29, 0.717) is 6.04 Å². The fourth-order valence-corrected chi connectivity index (χ4v) is 1.63. The van der Waals surface area contributed by atoms with Crippen LogP contribution < -0.4 is 10.6 Å². The van der Waals surface area contributed by atoms with Crippen LogP contribution in [0.5, 0.6) is 0 Å². The monoisotopic (exact) mass is 194 g/mol. The third kappa shape index (κ3) is 2.11. The molecule has 1 aromatic rings. The Kier molecular flexibility index (Phi) is 2.79. The van der Waals surface area contributed by atoms with Crippen LogP contribution in [0.4, 0.5) is 4.39 Å². The van der Waals surface area contributed by atoms with Gasteiger partial charge in [0.15, 0.2) is 0 Å². The molecular weight excluding hydrogens is 179 g/mol. The van der Waals surface area contributed by atoms with Gasteiger partial charge in [-0.05, 0) is 24.6 Å². The summed E-state index contributed by atoms with van der Waals surface area (Å²) in [5.74, 6) is -0.164. The van der Waals surface area contributed by atoms with E-state index in [9.17, 15) is 4.39 Å². The van der Waals surface area contributed by atoms with Crippen LogP contribution >= 0.6 is 0 Å². The molecule has 0 radical (unpaired) electrons. The molecule has 14 heavy (non-hydrogen) atoms. The smallest absolute Gasteiger partial charge is 0.123 e. The summed E-state index contributed by atoms with van der Waals surface area (Å²) in [7, 11) is 0. The zero-order valence-corrected chi connectivity index (χ0v) is 8.26. The van der Waals surface area contributed by atoms with Crippen molar-refractivity contribution in [1.82, 2.24) is 10.6 Å². The molecule has 2 N–H and O–H groups in total. The molecule has 1 aliphatic rings. The third-order valence-corrected chi connectivity index (χ3v) is 2.62. The summed E-state index contributed by atoms with van der Waals surface area (Å²) in [5, 5.41) is 6.62. The quantitative estimate of drug-likeness (QED) is 0.761. The van der Waals surface area contributed by atoms with Gasteiger partial charge in [0.05, 0.1) is 0 Å². The van der Waals surface area contributed by atoms with E-state index in [1.54, 1.807) is 12.1 Å². The Hall–Kier alpha value is -0.930. The Morgan fingerprint density at radius 1 is 1.50 bits per heavy atom. The maximum Gasteiger partial charge on any atom is 0.123 e. The number of hydrogen-bond acceptors (Lipinski definition) is 2. The molecule has 3 heteroatoms. The lowest BCUT2D eigenvalue weighted by Gasteiger charge is -2.31. The van der Waals surface area contributed by atoms with Crippen molar-refractivity contribution < 1.29 is 4.39 Å². The Labute approximate surface area is 83.5 Å². The second-order valence-electron chi connectivity index (χ2n) is 3.80. The fraction of sp³-hybridized carbons (Fsp3) is 0.455. The first-order chi connectivity index (χ1) is 6.75. The van der Waals surface area contributed by atoms with Gasteiger partial charge >= 0.3 is 0 Å². The van der Waals surface area contributed by atoms with Gasteiger partial charge < -0.3 is 10.6 Å². The number of benzene rings is 1. The van der Waals surface area contributed by atoms with E-state index < -0.39 is 0 Å². The van der Waals surface area contributed by atoms with Crippen LogP contribution in [0.3, 0.4) is 0 Å². The van der Waals surface area contributed by atoms with Gasteiger partial charge in [-0.25, -0.2) is 4.39 Å². The summed E-state index contributed by atoms with van der Waals surface area (Å²) in [6, 6.07) is 7.52. The van der Waals surface area contributed by atoms with E-state index in [1.165, 1.54) is 6.07 Å². The zero-order chi connectivity index (χ0) is 9.97. The maximum atomic E-state index is 12.9. The normalized spacial score (nSPS) is 19.0. The highest BCUT2D eigenvalue weighted by atomic mass is 19.1. The van der Waals surface area contributed by atoms with Gasteiger partial charge in [-0.3, -0.25) is 0 Å². The number of nitrogens with one attached hydrogen (secondary N) is 2.